The van der Waals surface area contributed by atoms with E-state index in [1.807, 2.05) is 23.1 Å². The number of aryl methyl sites for hydroxylation is 2. The van der Waals surface area contributed by atoms with Crippen LogP contribution >= 0.6 is 22.9 Å². The van der Waals surface area contributed by atoms with Crippen molar-refractivity contribution in [2.24, 2.45) is 0 Å². The molecule has 20 heavy (non-hydrogen) atoms. The fourth-order valence-corrected chi connectivity index (χ4v) is 3.49. The summed E-state index contributed by atoms with van der Waals surface area (Å²) in [6, 6.07) is 4.59. The summed E-state index contributed by atoms with van der Waals surface area (Å²) in [5.74, 6) is 0. The molecular weight excluding hydrogens is 290 g/mol. The Morgan fingerprint density at radius 2 is 2.35 bits per heavy atom. The van der Waals surface area contributed by atoms with Crippen LogP contribution in [0.2, 0.25) is 5.02 Å². The molecule has 0 bridgehead atoms. The molecule has 0 radical (unpaired) electrons. The molecule has 0 aliphatic heterocycles. The van der Waals surface area contributed by atoms with Gasteiger partial charge in [-0.1, -0.05) is 24.6 Å². The third-order valence-corrected chi connectivity index (χ3v) is 4.67. The van der Waals surface area contributed by atoms with Crippen LogP contribution in [0.3, 0.4) is 0 Å². The summed E-state index contributed by atoms with van der Waals surface area (Å²) < 4.78 is 2.04. The number of rotatable bonds is 8. The lowest BCUT2D eigenvalue weighted by Crippen LogP contribution is -2.21. The van der Waals surface area contributed by atoms with Gasteiger partial charge in [0.2, 0.25) is 0 Å². The number of nitrogens with one attached hydrogen (secondary N) is 1. The Labute approximate surface area is 130 Å². The first kappa shape index (κ1) is 15.5. The van der Waals surface area contributed by atoms with Crippen molar-refractivity contribution in [3.8, 4) is 0 Å². The molecule has 0 amide bonds. The molecule has 0 fully saturated rings. The topological polar surface area (TPSA) is 29.9 Å². The Balaban J connectivity index is 1.98. The van der Waals surface area contributed by atoms with Crippen molar-refractivity contribution in [1.82, 2.24) is 15.1 Å². The maximum Gasteiger partial charge on any atom is 0.0834 e. The Kier molecular flexibility index (Phi) is 6.07. The largest absolute Gasteiger partial charge is 0.312 e. The van der Waals surface area contributed by atoms with Crippen LogP contribution in [-0.4, -0.2) is 16.8 Å². The maximum absolute atomic E-state index is 6.31. The van der Waals surface area contributed by atoms with Crippen molar-refractivity contribution in [1.29, 1.82) is 0 Å². The van der Waals surface area contributed by atoms with Crippen LogP contribution in [0.25, 0.3) is 0 Å². The molecule has 2 heterocycles. The van der Waals surface area contributed by atoms with Crippen LogP contribution in [0.5, 0.6) is 0 Å². The van der Waals surface area contributed by atoms with Crippen molar-refractivity contribution in [2.75, 3.05) is 7.05 Å². The van der Waals surface area contributed by atoms with E-state index in [9.17, 15) is 0 Å². The second kappa shape index (κ2) is 7.81. The average molecular weight is 312 g/mol. The summed E-state index contributed by atoms with van der Waals surface area (Å²) >= 11 is 8.14. The molecule has 0 aliphatic rings. The number of hydrogen-bond donors (Lipinski definition) is 1. The molecule has 3 nitrogen and oxygen atoms in total. The van der Waals surface area contributed by atoms with E-state index in [-0.39, 0.29) is 6.04 Å². The van der Waals surface area contributed by atoms with E-state index in [1.165, 1.54) is 4.88 Å². The molecule has 0 aromatic carbocycles. The number of aromatic nitrogens is 2. The van der Waals surface area contributed by atoms with Crippen LogP contribution in [0.1, 0.15) is 42.8 Å². The van der Waals surface area contributed by atoms with Crippen molar-refractivity contribution in [3.05, 3.63) is 39.3 Å². The van der Waals surface area contributed by atoms with Crippen molar-refractivity contribution in [2.45, 2.75) is 45.2 Å². The third-order valence-electron chi connectivity index (χ3n) is 3.44. The molecule has 0 saturated carbocycles. The van der Waals surface area contributed by atoms with Gasteiger partial charge in [-0.3, -0.25) is 4.68 Å². The summed E-state index contributed by atoms with van der Waals surface area (Å²) in [4.78, 5) is 1.45. The second-order valence-electron chi connectivity index (χ2n) is 4.91. The molecule has 5 heteroatoms. The van der Waals surface area contributed by atoms with Gasteiger partial charge >= 0.3 is 0 Å². The van der Waals surface area contributed by atoms with Crippen molar-refractivity contribution >= 4 is 22.9 Å². The van der Waals surface area contributed by atoms with Gasteiger partial charge in [0.1, 0.15) is 0 Å². The number of thiophene rings is 1. The molecule has 2 aromatic heterocycles. The van der Waals surface area contributed by atoms with E-state index in [1.54, 1.807) is 6.20 Å². The highest BCUT2D eigenvalue weighted by Gasteiger charge is 2.18. The third kappa shape index (κ3) is 3.84. The maximum atomic E-state index is 6.31. The minimum Gasteiger partial charge on any atom is -0.312 e. The Morgan fingerprint density at radius 1 is 1.50 bits per heavy atom. The molecule has 1 atom stereocenters. The van der Waals surface area contributed by atoms with Crippen molar-refractivity contribution < 1.29 is 0 Å². The highest BCUT2D eigenvalue weighted by atomic mass is 35.5. The van der Waals surface area contributed by atoms with Crippen LogP contribution in [-0.2, 0) is 13.0 Å². The summed E-state index contributed by atoms with van der Waals surface area (Å²) in [5.41, 5.74) is 1.13. The Bertz CT molecular complexity index is 507. The molecular formula is C15H22ClN3S. The lowest BCUT2D eigenvalue weighted by Gasteiger charge is -2.18. The van der Waals surface area contributed by atoms with Crippen LogP contribution in [0, 0.1) is 0 Å². The van der Waals surface area contributed by atoms with Gasteiger partial charge in [0.15, 0.2) is 0 Å². The van der Waals surface area contributed by atoms with Crippen LogP contribution in [0.15, 0.2) is 23.7 Å². The first-order valence-electron chi connectivity index (χ1n) is 7.17. The minimum atomic E-state index is 0.275. The lowest BCUT2D eigenvalue weighted by atomic mass is 10.1. The van der Waals surface area contributed by atoms with Crippen molar-refractivity contribution in [3.63, 3.8) is 0 Å². The van der Waals surface area contributed by atoms with E-state index in [0.29, 0.717) is 0 Å². The zero-order valence-corrected chi connectivity index (χ0v) is 13.7. The van der Waals surface area contributed by atoms with Crippen LogP contribution < -0.4 is 5.32 Å². The summed E-state index contributed by atoms with van der Waals surface area (Å²) in [5, 5.41) is 10.7. The predicted octanol–water partition coefficient (Wildman–Crippen LogP) is 4.29. The first-order valence-corrected chi connectivity index (χ1v) is 8.42. The number of nitrogens with zero attached hydrogens (tertiary/aromatic N) is 2. The van der Waals surface area contributed by atoms with E-state index >= 15 is 0 Å². The molecule has 1 unspecified atom stereocenters. The first-order chi connectivity index (χ1) is 9.76. The molecule has 0 spiro atoms. The highest BCUT2D eigenvalue weighted by Crippen LogP contribution is 2.27. The smallest absolute Gasteiger partial charge is 0.0834 e. The van der Waals surface area contributed by atoms with E-state index in [4.69, 9.17) is 11.6 Å². The second-order valence-corrected chi connectivity index (χ2v) is 6.35. The zero-order valence-electron chi connectivity index (χ0n) is 12.1. The standard InChI is InChI=1S/C15H22ClN3S/c1-3-9-19-15(13(16)11-18-19)14(17-2)8-4-6-12-7-5-10-20-12/h5,7,10-11,14,17H,3-4,6,8-9H2,1-2H3. The van der Waals surface area contributed by atoms with Crippen LogP contribution in [0.4, 0.5) is 0 Å². The Hall–Kier alpha value is -0.840. The van der Waals surface area contributed by atoms with E-state index < -0.39 is 0 Å². The summed E-state index contributed by atoms with van der Waals surface area (Å²) in [6.45, 7) is 3.08. The molecule has 2 aromatic rings. The van der Waals surface area contributed by atoms with Gasteiger partial charge in [0.25, 0.3) is 0 Å². The van der Waals surface area contributed by atoms with Gasteiger partial charge in [-0.05, 0) is 44.2 Å². The molecule has 110 valence electrons. The van der Waals surface area contributed by atoms with E-state index in [2.05, 4.69) is 34.9 Å². The minimum absolute atomic E-state index is 0.275. The summed E-state index contributed by atoms with van der Waals surface area (Å²) in [6.07, 6.45) is 6.19. The lowest BCUT2D eigenvalue weighted by molar-refractivity contribution is 0.466. The predicted molar refractivity (Wildman–Crippen MR) is 86.6 cm³/mol. The Morgan fingerprint density at radius 3 is 3.00 bits per heavy atom. The van der Waals surface area contributed by atoms with Gasteiger partial charge in [0.05, 0.1) is 23.0 Å². The highest BCUT2D eigenvalue weighted by molar-refractivity contribution is 7.09. The summed E-state index contributed by atoms with van der Waals surface area (Å²) in [7, 11) is 2.00. The molecule has 0 saturated heterocycles. The number of hydrogen-bond acceptors (Lipinski definition) is 3. The fraction of sp³-hybridized carbons (Fsp3) is 0.533. The van der Waals surface area contributed by atoms with Gasteiger partial charge in [-0.15, -0.1) is 11.3 Å². The molecule has 1 N–H and O–H groups in total. The SMILES string of the molecule is CCCn1ncc(Cl)c1C(CCCc1cccs1)NC. The van der Waals surface area contributed by atoms with E-state index in [0.717, 1.165) is 42.9 Å². The van der Waals surface area contributed by atoms with Gasteiger partial charge < -0.3 is 5.32 Å². The quantitative estimate of drug-likeness (QED) is 0.788. The molecule has 0 aliphatic carbocycles. The number of halogens is 1. The molecule has 2 rings (SSSR count). The van der Waals surface area contributed by atoms with Gasteiger partial charge in [-0.25, -0.2) is 0 Å². The average Bonchev–Trinajstić information content (AvgIpc) is 3.07. The zero-order chi connectivity index (χ0) is 14.4. The van der Waals surface area contributed by atoms with Gasteiger partial charge in [0, 0.05) is 11.4 Å². The fourth-order valence-electron chi connectivity index (χ4n) is 2.46. The monoisotopic (exact) mass is 311 g/mol. The normalized spacial score (nSPS) is 12.8. The van der Waals surface area contributed by atoms with Gasteiger partial charge in [-0.2, -0.15) is 5.10 Å².